The third kappa shape index (κ3) is 8.29. The molecule has 0 aromatic rings. The van der Waals surface area contributed by atoms with Crippen LogP contribution in [0.1, 0.15) is 176 Å². The van der Waals surface area contributed by atoms with Gasteiger partial charge < -0.3 is 9.84 Å². The van der Waals surface area contributed by atoms with Gasteiger partial charge in [0.25, 0.3) is 0 Å². The molecule has 50 heavy (non-hydrogen) atoms. The Labute approximate surface area is 308 Å². The summed E-state index contributed by atoms with van der Waals surface area (Å²) in [4.78, 5) is 13.1. The number of ether oxygens (including phenoxy) is 1. The largest absolute Gasteiger partial charge is 0.462 e. The number of unbranched alkanes of at least 4 members (excludes halogenated alkanes) is 5. The maximum Gasteiger partial charge on any atom is 0.306 e. The molecule has 5 aliphatic carbocycles. The van der Waals surface area contributed by atoms with Gasteiger partial charge in [-0.3, -0.25) is 4.79 Å². The van der Waals surface area contributed by atoms with E-state index in [0.29, 0.717) is 40.9 Å². The predicted molar refractivity (Wildman–Crippen MR) is 211 cm³/mol. The van der Waals surface area contributed by atoms with Gasteiger partial charge in [0.1, 0.15) is 6.10 Å². The van der Waals surface area contributed by atoms with Crippen LogP contribution in [0.2, 0.25) is 0 Å². The number of carbonyl (C=O) groups is 1. The molecular weight excluding hydrogens is 613 g/mol. The molecule has 0 aromatic heterocycles. The predicted octanol–water partition coefficient (Wildman–Crippen LogP) is 12.9. The SMILES string of the molecule is C=C(CCC[C@H]1CC[C@@H]2[C@@H]3CC[C@H]4C(C)(C)[C@@H](OC(=O)CCCCCCC/C=C/C=C/[C@@H](O)C/C=C\CC)CC[C@@]45C[C@@]35CC[C@]12C)C(C)C. The molecule has 0 aliphatic heterocycles. The summed E-state index contributed by atoms with van der Waals surface area (Å²) in [5, 5.41) is 9.92. The molecule has 0 unspecified atom stereocenters. The van der Waals surface area contributed by atoms with Gasteiger partial charge >= 0.3 is 5.97 Å². The van der Waals surface area contributed by atoms with Gasteiger partial charge in [-0.05, 0) is 155 Å². The van der Waals surface area contributed by atoms with E-state index in [2.05, 4.69) is 66.3 Å². The Morgan fingerprint density at radius 3 is 2.38 bits per heavy atom. The first kappa shape index (κ1) is 39.6. The van der Waals surface area contributed by atoms with Crippen LogP contribution in [-0.4, -0.2) is 23.3 Å². The molecule has 5 fully saturated rings. The molecule has 0 bridgehead atoms. The van der Waals surface area contributed by atoms with Crippen molar-refractivity contribution in [2.75, 3.05) is 0 Å². The molecule has 0 aromatic carbocycles. The Morgan fingerprint density at radius 1 is 0.840 bits per heavy atom. The van der Waals surface area contributed by atoms with Crippen molar-refractivity contribution in [1.29, 1.82) is 0 Å². The van der Waals surface area contributed by atoms with Crippen LogP contribution in [-0.2, 0) is 9.53 Å². The number of allylic oxidation sites excluding steroid dienone is 5. The van der Waals surface area contributed by atoms with Crippen LogP contribution in [0.4, 0.5) is 0 Å². The van der Waals surface area contributed by atoms with Crippen molar-refractivity contribution >= 4 is 5.97 Å². The minimum absolute atomic E-state index is 0.0442. The van der Waals surface area contributed by atoms with Crippen molar-refractivity contribution in [1.82, 2.24) is 0 Å². The molecular formula is C47H76O3. The van der Waals surface area contributed by atoms with Gasteiger partial charge in [-0.1, -0.05) is 109 Å². The highest BCUT2D eigenvalue weighted by Gasteiger charge is 2.80. The second-order valence-electron chi connectivity index (χ2n) is 19.0. The number of hydrogen-bond donors (Lipinski definition) is 1. The number of fused-ring (bicyclic) bond motifs is 2. The van der Waals surface area contributed by atoms with E-state index >= 15 is 0 Å². The first-order valence-electron chi connectivity index (χ1n) is 21.4. The highest BCUT2D eigenvalue weighted by Crippen LogP contribution is 2.87. The molecule has 5 saturated carbocycles. The zero-order valence-electron chi connectivity index (χ0n) is 33.3. The summed E-state index contributed by atoms with van der Waals surface area (Å²) in [5.41, 5.74) is 3.19. The number of hydrogen-bond acceptors (Lipinski definition) is 3. The van der Waals surface area contributed by atoms with Crippen molar-refractivity contribution in [3.05, 3.63) is 48.6 Å². The first-order chi connectivity index (χ1) is 23.9. The van der Waals surface area contributed by atoms with Crippen LogP contribution in [0.3, 0.4) is 0 Å². The number of carbonyl (C=O) groups excluding carboxylic acids is 1. The van der Waals surface area contributed by atoms with Crippen molar-refractivity contribution < 1.29 is 14.6 Å². The summed E-state index contributed by atoms with van der Waals surface area (Å²) >= 11 is 0. The molecule has 282 valence electrons. The van der Waals surface area contributed by atoms with Crippen molar-refractivity contribution in [3.8, 4) is 0 Å². The number of rotatable bonds is 19. The molecule has 1 N–H and O–H groups in total. The van der Waals surface area contributed by atoms with E-state index < -0.39 is 6.10 Å². The van der Waals surface area contributed by atoms with Crippen LogP contribution in [0.25, 0.3) is 0 Å². The van der Waals surface area contributed by atoms with Crippen molar-refractivity contribution in [2.24, 2.45) is 51.2 Å². The minimum Gasteiger partial charge on any atom is -0.462 e. The monoisotopic (exact) mass is 689 g/mol. The number of esters is 1. The van der Waals surface area contributed by atoms with Crippen LogP contribution >= 0.6 is 0 Å². The van der Waals surface area contributed by atoms with Crippen LogP contribution in [0.15, 0.2) is 48.6 Å². The lowest BCUT2D eigenvalue weighted by atomic mass is 9.46. The molecule has 3 nitrogen and oxygen atoms in total. The lowest BCUT2D eigenvalue weighted by molar-refractivity contribution is -0.175. The molecule has 5 rings (SSSR count). The molecule has 0 radical (unpaired) electrons. The fourth-order valence-electron chi connectivity index (χ4n) is 12.6. The topological polar surface area (TPSA) is 46.5 Å². The minimum atomic E-state index is -0.398. The summed E-state index contributed by atoms with van der Waals surface area (Å²) in [6, 6.07) is 0. The fraction of sp³-hybridized carbons (Fsp3) is 0.809. The Hall–Kier alpha value is -1.61. The summed E-state index contributed by atoms with van der Waals surface area (Å²) in [6.45, 7) is 18.7. The summed E-state index contributed by atoms with van der Waals surface area (Å²) in [5.74, 6) is 4.16. The van der Waals surface area contributed by atoms with Gasteiger partial charge in [0.2, 0.25) is 0 Å². The lowest BCUT2D eigenvalue weighted by Crippen LogP contribution is -2.55. The maximum absolute atomic E-state index is 13.1. The lowest BCUT2D eigenvalue weighted by Gasteiger charge is -2.59. The van der Waals surface area contributed by atoms with Crippen LogP contribution in [0, 0.1) is 51.2 Å². The summed E-state index contributed by atoms with van der Waals surface area (Å²) < 4.78 is 6.37. The second-order valence-corrected chi connectivity index (χ2v) is 19.0. The van der Waals surface area contributed by atoms with Crippen LogP contribution in [0.5, 0.6) is 0 Å². The number of aliphatic hydroxyl groups is 1. The molecule has 2 spiro atoms. The fourth-order valence-corrected chi connectivity index (χ4v) is 12.6. The molecule has 9 atom stereocenters. The Bertz CT molecular complexity index is 1220. The van der Waals surface area contributed by atoms with Gasteiger partial charge in [-0.2, -0.15) is 0 Å². The van der Waals surface area contributed by atoms with E-state index in [-0.39, 0.29) is 17.5 Å². The van der Waals surface area contributed by atoms with Crippen molar-refractivity contribution in [3.63, 3.8) is 0 Å². The normalized spacial score (nSPS) is 36.4. The molecule has 3 heteroatoms. The van der Waals surface area contributed by atoms with E-state index in [4.69, 9.17) is 4.74 Å². The Balaban J connectivity index is 1.01. The van der Waals surface area contributed by atoms with Crippen molar-refractivity contribution in [2.45, 2.75) is 189 Å². The molecule has 5 aliphatic rings. The highest BCUT2D eigenvalue weighted by atomic mass is 16.5. The van der Waals surface area contributed by atoms with Gasteiger partial charge in [0.05, 0.1) is 6.10 Å². The number of aliphatic hydroxyl groups excluding tert-OH is 1. The highest BCUT2D eigenvalue weighted by molar-refractivity contribution is 5.69. The molecule has 0 heterocycles. The quantitative estimate of drug-likeness (QED) is 0.0636. The van der Waals surface area contributed by atoms with Crippen LogP contribution < -0.4 is 0 Å². The third-order valence-electron chi connectivity index (χ3n) is 15.7. The second kappa shape index (κ2) is 17.0. The molecule has 0 amide bonds. The first-order valence-corrected chi connectivity index (χ1v) is 21.4. The van der Waals surface area contributed by atoms with E-state index in [1.54, 1.807) is 0 Å². The van der Waals surface area contributed by atoms with Gasteiger partial charge in [-0.15, -0.1) is 0 Å². The zero-order chi connectivity index (χ0) is 36.0. The van der Waals surface area contributed by atoms with E-state index in [1.807, 2.05) is 18.2 Å². The van der Waals surface area contributed by atoms with E-state index in [0.717, 1.165) is 49.9 Å². The smallest absolute Gasteiger partial charge is 0.306 e. The summed E-state index contributed by atoms with van der Waals surface area (Å²) in [7, 11) is 0. The Morgan fingerprint density at radius 2 is 1.60 bits per heavy atom. The average molecular weight is 689 g/mol. The van der Waals surface area contributed by atoms with Gasteiger partial charge in [-0.25, -0.2) is 0 Å². The van der Waals surface area contributed by atoms with E-state index in [9.17, 15) is 9.90 Å². The molecule has 0 saturated heterocycles. The summed E-state index contributed by atoms with van der Waals surface area (Å²) in [6.07, 6.45) is 37.2. The maximum atomic E-state index is 13.1. The standard InChI is InChI=1S/C47H76O3/c1-8-9-17-23-38(48)24-18-15-13-11-10-12-14-16-19-25-43(49)50-42-30-31-47-34-46(47)33-32-45(7)37(22-20-21-36(4)35(2)3)26-27-39(45)40(46)28-29-41(47)44(42,5)6/h9,13,15,17-18,24,35,37-42,48H,4,8,10-12,14,16,19-23,25-34H2,1-3,5-7H3/b15-13+,17-9-,24-18+/t37-,38-,39+,40-,41-,42-,45+,46-,47+/m0/s1. The average Bonchev–Trinajstić information content (AvgIpc) is 3.63. The zero-order valence-corrected chi connectivity index (χ0v) is 33.3. The van der Waals surface area contributed by atoms with E-state index in [1.165, 1.54) is 95.5 Å². The third-order valence-corrected chi connectivity index (χ3v) is 15.7. The van der Waals surface area contributed by atoms with Gasteiger partial charge in [0, 0.05) is 11.8 Å². The van der Waals surface area contributed by atoms with Gasteiger partial charge in [0.15, 0.2) is 0 Å². The Kier molecular flexibility index (Phi) is 13.5.